The third-order valence-electron chi connectivity index (χ3n) is 4.07. The van der Waals surface area contributed by atoms with Crippen LogP contribution in [0.15, 0.2) is 23.4 Å². The van der Waals surface area contributed by atoms with Gasteiger partial charge in [-0.05, 0) is 32.0 Å². The molecule has 2 saturated heterocycles. The van der Waals surface area contributed by atoms with Gasteiger partial charge in [0.15, 0.2) is 12.1 Å². The molecule has 0 aromatic heterocycles. The molecule has 0 aliphatic carbocycles. The van der Waals surface area contributed by atoms with E-state index >= 15 is 0 Å². The lowest BCUT2D eigenvalue weighted by atomic mass is 10.0. The van der Waals surface area contributed by atoms with Crippen molar-refractivity contribution in [1.82, 2.24) is 0 Å². The van der Waals surface area contributed by atoms with Crippen molar-refractivity contribution in [3.05, 3.63) is 29.3 Å². The maximum Gasteiger partial charge on any atom is 0.186 e. The van der Waals surface area contributed by atoms with Gasteiger partial charge in [-0.1, -0.05) is 5.16 Å². The lowest BCUT2D eigenvalue weighted by Crippen LogP contribution is -2.46. The third-order valence-corrected chi connectivity index (χ3v) is 4.07. The Kier molecular flexibility index (Phi) is 4.70. The van der Waals surface area contributed by atoms with Crippen molar-refractivity contribution in [2.45, 2.75) is 32.3 Å². The first-order chi connectivity index (χ1) is 11.1. The van der Waals surface area contributed by atoms with Gasteiger partial charge >= 0.3 is 0 Å². The summed E-state index contributed by atoms with van der Waals surface area (Å²) in [5.41, 5.74) is 8.29. The molecule has 0 unspecified atom stereocenters. The van der Waals surface area contributed by atoms with E-state index in [1.807, 2.05) is 18.2 Å². The number of ether oxygens (including phenoxy) is 3. The van der Waals surface area contributed by atoms with E-state index in [4.69, 9.17) is 25.2 Å². The molecule has 3 N–H and O–H groups in total. The first-order valence-corrected chi connectivity index (χ1v) is 7.84. The van der Waals surface area contributed by atoms with Crippen LogP contribution in [0.25, 0.3) is 0 Å². The molecule has 2 aliphatic heterocycles. The van der Waals surface area contributed by atoms with Crippen molar-refractivity contribution in [3.63, 3.8) is 0 Å². The summed E-state index contributed by atoms with van der Waals surface area (Å²) in [7, 11) is 0. The van der Waals surface area contributed by atoms with E-state index in [0.29, 0.717) is 18.8 Å². The van der Waals surface area contributed by atoms with Gasteiger partial charge < -0.3 is 30.1 Å². The second-order valence-electron chi connectivity index (χ2n) is 5.99. The van der Waals surface area contributed by atoms with Gasteiger partial charge in [0.05, 0.1) is 25.4 Å². The van der Waals surface area contributed by atoms with Gasteiger partial charge in [-0.2, -0.15) is 0 Å². The van der Waals surface area contributed by atoms with E-state index < -0.39 is 6.29 Å². The van der Waals surface area contributed by atoms with Crippen molar-refractivity contribution >= 4 is 11.5 Å². The van der Waals surface area contributed by atoms with Gasteiger partial charge in [-0.25, -0.2) is 0 Å². The van der Waals surface area contributed by atoms with Crippen LogP contribution in [-0.4, -0.2) is 49.6 Å². The SMILES string of the molecule is C[C@@H]1CN(c2ccc(C(N)=NO)cc2C2OCCO2)C[C@H](C)O1. The van der Waals surface area contributed by atoms with Crippen LogP contribution in [0.4, 0.5) is 5.69 Å². The number of anilines is 1. The maximum atomic E-state index is 8.91. The summed E-state index contributed by atoms with van der Waals surface area (Å²) in [4.78, 5) is 2.27. The normalized spacial score (nSPS) is 26.7. The highest BCUT2D eigenvalue weighted by Gasteiger charge is 2.28. The molecular formula is C16H23N3O4. The van der Waals surface area contributed by atoms with E-state index in [9.17, 15) is 0 Å². The van der Waals surface area contributed by atoms with Crippen molar-refractivity contribution in [3.8, 4) is 0 Å². The lowest BCUT2D eigenvalue weighted by Gasteiger charge is -2.38. The number of amidine groups is 1. The predicted octanol–water partition coefficient (Wildman–Crippen LogP) is 1.44. The molecule has 126 valence electrons. The van der Waals surface area contributed by atoms with Crippen molar-refractivity contribution in [2.75, 3.05) is 31.2 Å². The quantitative estimate of drug-likeness (QED) is 0.379. The molecule has 3 rings (SSSR count). The summed E-state index contributed by atoms with van der Waals surface area (Å²) in [6.45, 7) is 6.85. The van der Waals surface area contributed by atoms with E-state index in [2.05, 4.69) is 23.9 Å². The zero-order valence-electron chi connectivity index (χ0n) is 13.4. The molecule has 1 aromatic rings. The van der Waals surface area contributed by atoms with Gasteiger partial charge in [0.2, 0.25) is 0 Å². The number of morpholine rings is 1. The fraction of sp³-hybridized carbons (Fsp3) is 0.562. The summed E-state index contributed by atoms with van der Waals surface area (Å²) >= 11 is 0. The van der Waals surface area contributed by atoms with Gasteiger partial charge in [0, 0.05) is 29.9 Å². The van der Waals surface area contributed by atoms with Gasteiger partial charge in [-0.3, -0.25) is 0 Å². The Morgan fingerprint density at radius 3 is 2.48 bits per heavy atom. The second-order valence-corrected chi connectivity index (χ2v) is 5.99. The number of nitrogens with two attached hydrogens (primary N) is 1. The molecule has 0 spiro atoms. The molecule has 2 atom stereocenters. The van der Waals surface area contributed by atoms with Crippen molar-refractivity contribution in [2.24, 2.45) is 10.9 Å². The minimum absolute atomic E-state index is 0.0690. The predicted molar refractivity (Wildman–Crippen MR) is 85.8 cm³/mol. The Balaban J connectivity index is 1.97. The average Bonchev–Trinajstić information content (AvgIpc) is 3.07. The molecule has 2 fully saturated rings. The van der Waals surface area contributed by atoms with Crippen LogP contribution in [0, 0.1) is 0 Å². The number of benzene rings is 1. The van der Waals surface area contributed by atoms with E-state index in [1.165, 1.54) is 0 Å². The molecule has 1 aromatic carbocycles. The highest BCUT2D eigenvalue weighted by molar-refractivity contribution is 5.97. The Morgan fingerprint density at radius 1 is 1.22 bits per heavy atom. The molecule has 23 heavy (non-hydrogen) atoms. The molecule has 2 heterocycles. The fourth-order valence-electron chi connectivity index (χ4n) is 3.16. The first kappa shape index (κ1) is 16.0. The Labute approximate surface area is 135 Å². The molecule has 0 saturated carbocycles. The topological polar surface area (TPSA) is 89.5 Å². The fourth-order valence-corrected chi connectivity index (χ4v) is 3.16. The Bertz CT molecular complexity index is 577. The second kappa shape index (κ2) is 6.74. The zero-order valence-corrected chi connectivity index (χ0v) is 13.4. The van der Waals surface area contributed by atoms with E-state index in [1.54, 1.807) is 0 Å². The van der Waals surface area contributed by atoms with Crippen molar-refractivity contribution in [1.29, 1.82) is 0 Å². The largest absolute Gasteiger partial charge is 0.409 e. The number of hydrogen-bond acceptors (Lipinski definition) is 6. The van der Waals surface area contributed by atoms with E-state index in [-0.39, 0.29) is 18.0 Å². The average molecular weight is 321 g/mol. The number of nitrogens with zero attached hydrogens (tertiary/aromatic N) is 2. The zero-order chi connectivity index (χ0) is 16.4. The molecule has 7 nitrogen and oxygen atoms in total. The first-order valence-electron chi connectivity index (χ1n) is 7.84. The van der Waals surface area contributed by atoms with E-state index in [0.717, 1.165) is 24.3 Å². The molecule has 0 amide bonds. The van der Waals surface area contributed by atoms with Crippen molar-refractivity contribution < 1.29 is 19.4 Å². The Hall–Kier alpha value is -1.83. The molecular weight excluding hydrogens is 298 g/mol. The van der Waals surface area contributed by atoms with Crippen LogP contribution in [0.5, 0.6) is 0 Å². The molecule has 2 aliphatic rings. The van der Waals surface area contributed by atoms with Gasteiger partial charge in [-0.15, -0.1) is 0 Å². The highest BCUT2D eigenvalue weighted by Crippen LogP contribution is 2.34. The number of rotatable bonds is 3. The highest BCUT2D eigenvalue weighted by atomic mass is 16.7. The smallest absolute Gasteiger partial charge is 0.186 e. The van der Waals surface area contributed by atoms with Crippen LogP contribution in [-0.2, 0) is 14.2 Å². The standard InChI is InChI=1S/C16H23N3O4/c1-10-8-19(9-11(2)23-10)14-4-3-12(15(17)18-20)7-13(14)16-21-5-6-22-16/h3-4,7,10-11,16,20H,5-6,8-9H2,1-2H3,(H2,17,18)/t10-,11+. The van der Waals surface area contributed by atoms with Gasteiger partial charge in [0.25, 0.3) is 0 Å². The summed E-state index contributed by atoms with van der Waals surface area (Å²) in [6, 6.07) is 5.68. The summed E-state index contributed by atoms with van der Waals surface area (Å²) in [5.74, 6) is 0.0690. The summed E-state index contributed by atoms with van der Waals surface area (Å²) in [5, 5.41) is 12.0. The minimum atomic E-state index is -0.426. The number of oxime groups is 1. The lowest BCUT2D eigenvalue weighted by molar-refractivity contribution is -0.0444. The summed E-state index contributed by atoms with van der Waals surface area (Å²) in [6.07, 6.45) is -0.119. The molecule has 0 bridgehead atoms. The third kappa shape index (κ3) is 3.41. The van der Waals surface area contributed by atoms with Crippen LogP contribution in [0.1, 0.15) is 31.3 Å². The van der Waals surface area contributed by atoms with Crippen LogP contribution < -0.4 is 10.6 Å². The summed E-state index contributed by atoms with van der Waals surface area (Å²) < 4.78 is 17.1. The maximum absolute atomic E-state index is 8.91. The van der Waals surface area contributed by atoms with Crippen LogP contribution in [0.2, 0.25) is 0 Å². The minimum Gasteiger partial charge on any atom is -0.409 e. The number of hydrogen-bond donors (Lipinski definition) is 2. The van der Waals surface area contributed by atoms with Gasteiger partial charge in [0.1, 0.15) is 0 Å². The van der Waals surface area contributed by atoms with Crippen LogP contribution in [0.3, 0.4) is 0 Å². The van der Waals surface area contributed by atoms with Crippen LogP contribution >= 0.6 is 0 Å². The Morgan fingerprint density at radius 2 is 1.87 bits per heavy atom. The molecule has 0 radical (unpaired) electrons. The molecule has 7 heteroatoms. The monoisotopic (exact) mass is 321 g/mol.